The zero-order valence-electron chi connectivity index (χ0n) is 6.35. The van der Waals surface area contributed by atoms with Crippen LogP contribution in [0, 0.1) is 0 Å². The Hall–Kier alpha value is -0.900. The molecule has 0 aliphatic heterocycles. The van der Waals surface area contributed by atoms with E-state index in [0.717, 1.165) is 0 Å². The van der Waals surface area contributed by atoms with Crippen LogP contribution in [0.2, 0.25) is 0 Å². The summed E-state index contributed by atoms with van der Waals surface area (Å²) < 4.78 is 4.77. The van der Waals surface area contributed by atoms with E-state index >= 15 is 0 Å². The zero-order valence-corrected chi connectivity index (χ0v) is 6.35. The van der Waals surface area contributed by atoms with Gasteiger partial charge in [-0.3, -0.25) is 4.79 Å². The van der Waals surface area contributed by atoms with Gasteiger partial charge >= 0.3 is 0 Å². The van der Waals surface area contributed by atoms with Crippen molar-refractivity contribution in [2.75, 3.05) is 20.3 Å². The number of ether oxygens (including phenoxy) is 1. The van der Waals surface area contributed by atoms with E-state index in [9.17, 15) is 4.79 Å². The van der Waals surface area contributed by atoms with E-state index in [-0.39, 0.29) is 12.5 Å². The normalized spacial score (nSPS) is 7.40. The Morgan fingerprint density at radius 1 is 1.60 bits per heavy atom. The van der Waals surface area contributed by atoms with Crippen molar-refractivity contribution in [3.63, 3.8) is 0 Å². The molecule has 0 fully saturated rings. The molecule has 1 N–H and O–H groups in total. The molecule has 4 nitrogen and oxygen atoms in total. The molecule has 0 unspecified atom stereocenters. The van der Waals surface area contributed by atoms with Gasteiger partial charge in [0.2, 0.25) is 5.91 Å². The van der Waals surface area contributed by atoms with E-state index in [1.807, 2.05) is 13.7 Å². The lowest BCUT2D eigenvalue weighted by Crippen LogP contribution is -2.23. The van der Waals surface area contributed by atoms with Gasteiger partial charge in [0.1, 0.15) is 13.4 Å². The Kier molecular flexibility index (Phi) is 13.0. The quantitative estimate of drug-likeness (QED) is 0.590. The third-order valence-electron chi connectivity index (χ3n) is 0.716. The molecular formula is C6H13NO3. The third-order valence-corrected chi connectivity index (χ3v) is 0.716. The van der Waals surface area contributed by atoms with Crippen molar-refractivity contribution in [2.24, 2.45) is 0 Å². The SMILES string of the molecule is C=O.CCOCC(=O)NC. The molecule has 1 amide bonds. The number of amides is 1. The second kappa shape index (κ2) is 11.0. The standard InChI is InChI=1S/C5H11NO2.CH2O/c1-3-8-4-5(7)6-2;1-2/h3-4H2,1-2H3,(H,6,7);1H2. The minimum atomic E-state index is -0.0770. The van der Waals surface area contributed by atoms with E-state index < -0.39 is 0 Å². The second-order valence-electron chi connectivity index (χ2n) is 1.31. The summed E-state index contributed by atoms with van der Waals surface area (Å²) in [4.78, 5) is 18.3. The van der Waals surface area contributed by atoms with Crippen molar-refractivity contribution in [1.29, 1.82) is 0 Å². The van der Waals surface area contributed by atoms with E-state index in [2.05, 4.69) is 5.32 Å². The van der Waals surface area contributed by atoms with Crippen LogP contribution in [0.4, 0.5) is 0 Å². The first-order valence-corrected chi connectivity index (χ1v) is 2.88. The molecule has 0 bridgehead atoms. The smallest absolute Gasteiger partial charge is 0.245 e. The maximum Gasteiger partial charge on any atom is 0.245 e. The molecule has 10 heavy (non-hydrogen) atoms. The molecule has 4 heteroatoms. The highest BCUT2D eigenvalue weighted by Gasteiger charge is 1.92. The fourth-order valence-corrected chi connectivity index (χ4v) is 0.267. The van der Waals surface area contributed by atoms with Crippen LogP contribution >= 0.6 is 0 Å². The van der Waals surface area contributed by atoms with Crippen molar-refractivity contribution in [2.45, 2.75) is 6.92 Å². The fourth-order valence-electron chi connectivity index (χ4n) is 0.267. The van der Waals surface area contributed by atoms with Crippen molar-refractivity contribution in [3.05, 3.63) is 0 Å². The number of nitrogens with one attached hydrogen (secondary N) is 1. The number of rotatable bonds is 3. The number of hydrogen-bond acceptors (Lipinski definition) is 3. The first kappa shape index (κ1) is 11.8. The lowest BCUT2D eigenvalue weighted by atomic mass is 10.6. The van der Waals surface area contributed by atoms with Crippen LogP contribution in [-0.4, -0.2) is 33.0 Å². The molecule has 0 heterocycles. The maximum atomic E-state index is 10.3. The van der Waals surface area contributed by atoms with Gasteiger partial charge in [-0.2, -0.15) is 0 Å². The second-order valence-corrected chi connectivity index (χ2v) is 1.31. The first-order chi connectivity index (χ1) is 4.81. The van der Waals surface area contributed by atoms with Crippen LogP contribution < -0.4 is 5.32 Å². The molecule has 0 aromatic heterocycles. The molecule has 0 atom stereocenters. The van der Waals surface area contributed by atoms with Crippen LogP contribution in [0.5, 0.6) is 0 Å². The minimum absolute atomic E-state index is 0.0770. The highest BCUT2D eigenvalue weighted by molar-refractivity contribution is 5.76. The predicted molar refractivity (Wildman–Crippen MR) is 37.7 cm³/mol. The number of carbonyl (C=O) groups excluding carboxylic acids is 2. The summed E-state index contributed by atoms with van der Waals surface area (Å²) >= 11 is 0. The van der Waals surface area contributed by atoms with Gasteiger partial charge in [-0.25, -0.2) is 0 Å². The van der Waals surface area contributed by atoms with E-state index in [4.69, 9.17) is 9.53 Å². The summed E-state index contributed by atoms with van der Waals surface area (Å²) in [5.41, 5.74) is 0. The monoisotopic (exact) mass is 147 g/mol. The first-order valence-electron chi connectivity index (χ1n) is 2.88. The average molecular weight is 147 g/mol. The van der Waals surface area contributed by atoms with Crippen LogP contribution in [0.3, 0.4) is 0 Å². The largest absolute Gasteiger partial charge is 0.372 e. The van der Waals surface area contributed by atoms with E-state index in [1.54, 1.807) is 7.05 Å². The van der Waals surface area contributed by atoms with Crippen LogP contribution in [0.25, 0.3) is 0 Å². The Morgan fingerprint density at radius 3 is 2.40 bits per heavy atom. The number of carbonyl (C=O) groups is 2. The topological polar surface area (TPSA) is 55.4 Å². The van der Waals surface area contributed by atoms with E-state index in [1.165, 1.54) is 0 Å². The Balaban J connectivity index is 0. The summed E-state index contributed by atoms with van der Waals surface area (Å²) in [6, 6.07) is 0. The summed E-state index contributed by atoms with van der Waals surface area (Å²) in [5.74, 6) is -0.0770. The van der Waals surface area contributed by atoms with Gasteiger partial charge in [0.05, 0.1) is 0 Å². The number of hydrogen-bond donors (Lipinski definition) is 1. The molecule has 0 aliphatic rings. The van der Waals surface area contributed by atoms with Crippen LogP contribution in [-0.2, 0) is 14.3 Å². The van der Waals surface area contributed by atoms with Crippen molar-refractivity contribution >= 4 is 12.7 Å². The molecule has 0 aliphatic carbocycles. The molecule has 60 valence electrons. The molecule has 0 spiro atoms. The Bertz CT molecular complexity index is 85.1. The minimum Gasteiger partial charge on any atom is -0.372 e. The molecule has 0 saturated heterocycles. The Morgan fingerprint density at radius 2 is 2.10 bits per heavy atom. The summed E-state index contributed by atoms with van der Waals surface area (Å²) in [6.07, 6.45) is 0. The van der Waals surface area contributed by atoms with Crippen molar-refractivity contribution in [1.82, 2.24) is 5.32 Å². The van der Waals surface area contributed by atoms with Crippen LogP contribution in [0.15, 0.2) is 0 Å². The maximum absolute atomic E-state index is 10.3. The molecule has 0 saturated carbocycles. The molecular weight excluding hydrogens is 134 g/mol. The van der Waals surface area contributed by atoms with Crippen molar-refractivity contribution < 1.29 is 14.3 Å². The molecule has 0 rings (SSSR count). The third kappa shape index (κ3) is 10.2. The predicted octanol–water partition coefficient (Wildman–Crippen LogP) is -0.416. The lowest BCUT2D eigenvalue weighted by Gasteiger charge is -1.96. The van der Waals surface area contributed by atoms with Crippen molar-refractivity contribution in [3.8, 4) is 0 Å². The van der Waals surface area contributed by atoms with Crippen LogP contribution in [0.1, 0.15) is 6.92 Å². The van der Waals surface area contributed by atoms with Gasteiger partial charge in [-0.1, -0.05) is 0 Å². The summed E-state index contributed by atoms with van der Waals surface area (Å²) in [5, 5.41) is 2.44. The van der Waals surface area contributed by atoms with Gasteiger partial charge in [0, 0.05) is 13.7 Å². The summed E-state index contributed by atoms with van der Waals surface area (Å²) in [7, 11) is 1.58. The zero-order chi connectivity index (χ0) is 8.41. The van der Waals surface area contributed by atoms with Gasteiger partial charge in [-0.15, -0.1) is 0 Å². The average Bonchev–Trinajstić information content (AvgIpc) is 2.04. The van der Waals surface area contributed by atoms with Gasteiger partial charge in [-0.05, 0) is 6.92 Å². The molecule has 0 aromatic carbocycles. The van der Waals surface area contributed by atoms with Gasteiger partial charge < -0.3 is 14.8 Å². The van der Waals surface area contributed by atoms with Gasteiger partial charge in [0.15, 0.2) is 0 Å². The molecule has 0 radical (unpaired) electrons. The lowest BCUT2D eigenvalue weighted by molar-refractivity contribution is -0.125. The number of likely N-dealkylation sites (N-methyl/N-ethyl adjacent to an activating group) is 1. The molecule has 0 aromatic rings. The highest BCUT2D eigenvalue weighted by Crippen LogP contribution is 1.70. The van der Waals surface area contributed by atoms with E-state index in [0.29, 0.717) is 6.61 Å². The summed E-state index contributed by atoms with van der Waals surface area (Å²) in [6.45, 7) is 4.61. The Labute approximate surface area is 60.6 Å². The highest BCUT2D eigenvalue weighted by atomic mass is 16.5. The fraction of sp³-hybridized carbons (Fsp3) is 0.667. The van der Waals surface area contributed by atoms with Gasteiger partial charge in [0.25, 0.3) is 0 Å².